The molecule has 1 aromatic carbocycles. The van der Waals surface area contributed by atoms with Gasteiger partial charge in [-0.05, 0) is 38.0 Å². The number of halogens is 3. The van der Waals surface area contributed by atoms with Crippen molar-refractivity contribution in [2.45, 2.75) is 38.7 Å². The van der Waals surface area contributed by atoms with Crippen LogP contribution in [0.15, 0.2) is 24.3 Å². The minimum Gasteiger partial charge on any atom is -0.406 e. The maximum Gasteiger partial charge on any atom is 0.573 e. The molecular formula is C13H18F3NO2. The molecule has 6 heteroatoms. The Bertz CT molecular complexity index is 378. The van der Waals surface area contributed by atoms with Gasteiger partial charge in [0, 0.05) is 18.7 Å². The molecule has 1 aromatic rings. The van der Waals surface area contributed by atoms with Gasteiger partial charge in [-0.3, -0.25) is 0 Å². The minimum atomic E-state index is -4.67. The third kappa shape index (κ3) is 5.94. The van der Waals surface area contributed by atoms with Crippen LogP contribution < -0.4 is 10.1 Å². The molecule has 0 bridgehead atoms. The summed E-state index contributed by atoms with van der Waals surface area (Å²) < 4.78 is 39.8. The number of hydrogen-bond donors (Lipinski definition) is 2. The monoisotopic (exact) mass is 277 g/mol. The Labute approximate surface area is 110 Å². The smallest absolute Gasteiger partial charge is 0.406 e. The number of alkyl halides is 3. The molecule has 2 N–H and O–H groups in total. The van der Waals surface area contributed by atoms with Gasteiger partial charge in [-0.1, -0.05) is 12.1 Å². The van der Waals surface area contributed by atoms with Gasteiger partial charge in [-0.2, -0.15) is 0 Å². The lowest BCUT2D eigenvalue weighted by molar-refractivity contribution is -0.274. The Morgan fingerprint density at radius 1 is 1.21 bits per heavy atom. The van der Waals surface area contributed by atoms with Crippen LogP contribution in [-0.4, -0.2) is 24.1 Å². The van der Waals surface area contributed by atoms with Crippen molar-refractivity contribution < 1.29 is 23.0 Å². The van der Waals surface area contributed by atoms with Crippen LogP contribution in [0, 0.1) is 0 Å². The summed E-state index contributed by atoms with van der Waals surface area (Å²) in [5, 5.41) is 12.0. The Kier molecular flexibility index (Phi) is 5.62. The predicted molar refractivity (Wildman–Crippen MR) is 65.8 cm³/mol. The van der Waals surface area contributed by atoms with E-state index in [9.17, 15) is 13.2 Å². The van der Waals surface area contributed by atoms with Gasteiger partial charge in [0.25, 0.3) is 0 Å². The first-order valence-electron chi connectivity index (χ1n) is 6.04. The Morgan fingerprint density at radius 2 is 1.79 bits per heavy atom. The van der Waals surface area contributed by atoms with Gasteiger partial charge in [0.05, 0.1) is 0 Å². The molecule has 2 atom stereocenters. The fourth-order valence-electron chi connectivity index (χ4n) is 1.76. The van der Waals surface area contributed by atoms with Crippen LogP contribution >= 0.6 is 0 Å². The van der Waals surface area contributed by atoms with E-state index in [1.165, 1.54) is 12.1 Å². The van der Waals surface area contributed by atoms with E-state index in [0.29, 0.717) is 6.42 Å². The summed E-state index contributed by atoms with van der Waals surface area (Å²) in [4.78, 5) is 0. The van der Waals surface area contributed by atoms with Crippen molar-refractivity contribution in [2.24, 2.45) is 0 Å². The molecule has 0 radical (unpaired) electrons. The summed E-state index contributed by atoms with van der Waals surface area (Å²) in [5.74, 6) is -0.230. The van der Waals surface area contributed by atoms with Gasteiger partial charge >= 0.3 is 6.36 Å². The largest absolute Gasteiger partial charge is 0.573 e. The molecule has 0 spiro atoms. The van der Waals surface area contributed by atoms with E-state index in [-0.39, 0.29) is 24.4 Å². The molecule has 1 rings (SSSR count). The first-order valence-corrected chi connectivity index (χ1v) is 6.04. The molecule has 2 unspecified atom stereocenters. The lowest BCUT2D eigenvalue weighted by atomic mass is 10.1. The fourth-order valence-corrected chi connectivity index (χ4v) is 1.76. The van der Waals surface area contributed by atoms with E-state index in [4.69, 9.17) is 5.11 Å². The summed E-state index contributed by atoms with van der Waals surface area (Å²) in [6.45, 7) is 3.95. The Balaban J connectivity index is 2.60. The third-order valence-corrected chi connectivity index (χ3v) is 2.71. The summed E-state index contributed by atoms with van der Waals surface area (Å²) >= 11 is 0. The van der Waals surface area contributed by atoms with Gasteiger partial charge < -0.3 is 15.2 Å². The molecule has 19 heavy (non-hydrogen) atoms. The molecule has 108 valence electrons. The summed E-state index contributed by atoms with van der Waals surface area (Å²) in [6, 6.07) is 5.87. The van der Waals surface area contributed by atoms with Crippen LogP contribution in [0.2, 0.25) is 0 Å². The average Bonchev–Trinajstić information content (AvgIpc) is 2.27. The second-order valence-corrected chi connectivity index (χ2v) is 4.42. The number of hydrogen-bond acceptors (Lipinski definition) is 3. The molecule has 0 aliphatic carbocycles. The van der Waals surface area contributed by atoms with Gasteiger partial charge in [-0.15, -0.1) is 13.2 Å². The molecule has 0 aliphatic heterocycles. The highest BCUT2D eigenvalue weighted by Gasteiger charge is 2.31. The standard InChI is InChI=1S/C13H18F3NO2/c1-9(7-8-18)17-10(2)11-3-5-12(6-4-11)19-13(14,15)16/h3-6,9-10,17-18H,7-8H2,1-2H3. The van der Waals surface area contributed by atoms with Gasteiger partial charge in [-0.25, -0.2) is 0 Å². The molecule has 3 nitrogen and oxygen atoms in total. The number of aliphatic hydroxyl groups is 1. The summed E-state index contributed by atoms with van der Waals surface area (Å²) in [7, 11) is 0. The average molecular weight is 277 g/mol. The number of ether oxygens (including phenoxy) is 1. The second kappa shape index (κ2) is 6.77. The van der Waals surface area contributed by atoms with E-state index in [0.717, 1.165) is 5.56 Å². The van der Waals surface area contributed by atoms with E-state index in [1.54, 1.807) is 12.1 Å². The predicted octanol–water partition coefficient (Wildman–Crippen LogP) is 3.01. The molecule has 0 aromatic heterocycles. The van der Waals surface area contributed by atoms with Gasteiger partial charge in [0.2, 0.25) is 0 Å². The van der Waals surface area contributed by atoms with Crippen molar-refractivity contribution in [3.63, 3.8) is 0 Å². The fraction of sp³-hybridized carbons (Fsp3) is 0.538. The highest BCUT2D eigenvalue weighted by molar-refractivity contribution is 5.29. The van der Waals surface area contributed by atoms with Crippen LogP contribution in [-0.2, 0) is 0 Å². The van der Waals surface area contributed by atoms with E-state index in [1.807, 2.05) is 13.8 Å². The topological polar surface area (TPSA) is 41.5 Å². The van der Waals surface area contributed by atoms with E-state index in [2.05, 4.69) is 10.1 Å². The lowest BCUT2D eigenvalue weighted by Gasteiger charge is -2.20. The van der Waals surface area contributed by atoms with Crippen molar-refractivity contribution in [3.8, 4) is 5.75 Å². The van der Waals surface area contributed by atoms with Crippen LogP contribution in [0.25, 0.3) is 0 Å². The number of rotatable bonds is 6. The molecule has 0 saturated heterocycles. The minimum absolute atomic E-state index is 0.0125. The van der Waals surface area contributed by atoms with E-state index >= 15 is 0 Å². The number of aliphatic hydroxyl groups excluding tert-OH is 1. The Hall–Kier alpha value is -1.27. The maximum absolute atomic E-state index is 12.0. The summed E-state index contributed by atoms with van der Waals surface area (Å²) in [6.07, 6.45) is -4.04. The molecule has 0 aliphatic rings. The molecule has 0 saturated carbocycles. The second-order valence-electron chi connectivity index (χ2n) is 4.42. The van der Waals surface area contributed by atoms with Crippen LogP contribution in [0.3, 0.4) is 0 Å². The van der Waals surface area contributed by atoms with Crippen LogP contribution in [0.5, 0.6) is 5.75 Å². The van der Waals surface area contributed by atoms with Crippen molar-refractivity contribution in [1.29, 1.82) is 0 Å². The third-order valence-electron chi connectivity index (χ3n) is 2.71. The van der Waals surface area contributed by atoms with Crippen LogP contribution in [0.1, 0.15) is 31.9 Å². The van der Waals surface area contributed by atoms with Crippen LogP contribution in [0.4, 0.5) is 13.2 Å². The highest BCUT2D eigenvalue weighted by atomic mass is 19.4. The van der Waals surface area contributed by atoms with Crippen molar-refractivity contribution in [3.05, 3.63) is 29.8 Å². The molecule has 0 amide bonds. The number of nitrogens with one attached hydrogen (secondary N) is 1. The molecule has 0 fully saturated rings. The van der Waals surface area contributed by atoms with E-state index < -0.39 is 6.36 Å². The zero-order chi connectivity index (χ0) is 14.5. The van der Waals surface area contributed by atoms with Gasteiger partial charge in [0.15, 0.2) is 0 Å². The SMILES string of the molecule is CC(CCO)NC(C)c1ccc(OC(F)(F)F)cc1. The lowest BCUT2D eigenvalue weighted by Crippen LogP contribution is -2.29. The quantitative estimate of drug-likeness (QED) is 0.840. The number of benzene rings is 1. The van der Waals surface area contributed by atoms with Crippen molar-refractivity contribution in [2.75, 3.05) is 6.61 Å². The maximum atomic E-state index is 12.0. The zero-order valence-electron chi connectivity index (χ0n) is 10.9. The zero-order valence-corrected chi connectivity index (χ0v) is 10.9. The normalized spacial score (nSPS) is 15.1. The first-order chi connectivity index (χ1) is 8.81. The Morgan fingerprint density at radius 3 is 2.26 bits per heavy atom. The molecule has 0 heterocycles. The highest BCUT2D eigenvalue weighted by Crippen LogP contribution is 2.24. The van der Waals surface area contributed by atoms with Crippen molar-refractivity contribution in [1.82, 2.24) is 5.32 Å². The summed E-state index contributed by atoms with van der Waals surface area (Å²) in [5.41, 5.74) is 0.860. The van der Waals surface area contributed by atoms with Crippen molar-refractivity contribution >= 4 is 0 Å². The van der Waals surface area contributed by atoms with Gasteiger partial charge in [0.1, 0.15) is 5.75 Å². The molecular weight excluding hydrogens is 259 g/mol. The first kappa shape index (κ1) is 15.8.